The molecule has 3 fully saturated rings. The first kappa shape index (κ1) is 15.1. The van der Waals surface area contributed by atoms with E-state index < -0.39 is 0 Å². The molecule has 2 aliphatic carbocycles. The summed E-state index contributed by atoms with van der Waals surface area (Å²) in [6.07, 6.45) is 8.40. The second-order valence-electron chi connectivity index (χ2n) is 6.67. The Morgan fingerprint density at radius 3 is 2.95 bits per heavy atom. The molecular weight excluding hydrogens is 268 g/mol. The van der Waals surface area contributed by atoms with Crippen molar-refractivity contribution in [3.8, 4) is 0 Å². The molecule has 0 aromatic rings. The maximum Gasteiger partial charge on any atom is 0.315 e. The first-order chi connectivity index (χ1) is 10.3. The molecule has 0 spiro atoms. The number of fused-ring (bicyclic) bond motifs is 1. The number of carbonyl (C=O) groups is 1. The molecule has 2 saturated carbocycles. The molecular formula is C16H28N2O3. The summed E-state index contributed by atoms with van der Waals surface area (Å²) in [7, 11) is 0. The molecule has 2 N–H and O–H groups in total. The normalized spacial score (nSPS) is 31.7. The van der Waals surface area contributed by atoms with Gasteiger partial charge in [0.2, 0.25) is 0 Å². The van der Waals surface area contributed by atoms with E-state index in [0.29, 0.717) is 18.6 Å². The van der Waals surface area contributed by atoms with Crippen molar-refractivity contribution < 1.29 is 14.3 Å². The topological polar surface area (TPSA) is 59.6 Å². The van der Waals surface area contributed by atoms with Crippen molar-refractivity contribution in [1.82, 2.24) is 10.6 Å². The smallest absolute Gasteiger partial charge is 0.315 e. The van der Waals surface area contributed by atoms with Crippen LogP contribution in [0.2, 0.25) is 0 Å². The summed E-state index contributed by atoms with van der Waals surface area (Å²) in [4.78, 5) is 11.9. The summed E-state index contributed by atoms with van der Waals surface area (Å²) in [5.74, 6) is 1.33. The fourth-order valence-electron chi connectivity index (χ4n) is 3.49. The van der Waals surface area contributed by atoms with Gasteiger partial charge in [0.1, 0.15) is 0 Å². The third-order valence-electron chi connectivity index (χ3n) is 4.90. The van der Waals surface area contributed by atoms with Gasteiger partial charge in [0.25, 0.3) is 0 Å². The van der Waals surface area contributed by atoms with Gasteiger partial charge in [0.05, 0.1) is 6.10 Å². The van der Waals surface area contributed by atoms with E-state index in [2.05, 4.69) is 10.6 Å². The monoisotopic (exact) mass is 296 g/mol. The van der Waals surface area contributed by atoms with Crippen LogP contribution in [0.1, 0.15) is 44.9 Å². The van der Waals surface area contributed by atoms with Gasteiger partial charge in [-0.2, -0.15) is 0 Å². The number of amides is 2. The van der Waals surface area contributed by atoms with Crippen molar-refractivity contribution in [1.29, 1.82) is 0 Å². The molecule has 1 aliphatic heterocycles. The van der Waals surface area contributed by atoms with Crippen molar-refractivity contribution in [3.05, 3.63) is 0 Å². The minimum atomic E-state index is -0.0326. The van der Waals surface area contributed by atoms with E-state index in [-0.39, 0.29) is 12.1 Å². The number of nitrogens with one attached hydrogen (secondary N) is 2. The zero-order valence-electron chi connectivity index (χ0n) is 12.8. The van der Waals surface area contributed by atoms with E-state index in [1.807, 2.05) is 0 Å². The Kier molecular flexibility index (Phi) is 5.36. The first-order valence-corrected chi connectivity index (χ1v) is 8.56. The van der Waals surface area contributed by atoms with Crippen LogP contribution >= 0.6 is 0 Å². The highest BCUT2D eigenvalue weighted by Gasteiger charge is 2.38. The zero-order chi connectivity index (χ0) is 14.5. The van der Waals surface area contributed by atoms with E-state index in [1.165, 1.54) is 12.8 Å². The number of carbonyl (C=O) groups excluding carboxylic acids is 1. The number of rotatable bonds is 7. The van der Waals surface area contributed by atoms with Crippen LogP contribution in [0, 0.1) is 11.8 Å². The number of hydrogen-bond donors (Lipinski definition) is 2. The van der Waals surface area contributed by atoms with Crippen LogP contribution in [0.5, 0.6) is 0 Å². The molecule has 0 radical (unpaired) electrons. The van der Waals surface area contributed by atoms with Crippen molar-refractivity contribution >= 4 is 6.03 Å². The number of urea groups is 1. The summed E-state index contributed by atoms with van der Waals surface area (Å²) in [6.45, 7) is 3.19. The molecule has 5 nitrogen and oxygen atoms in total. The molecule has 1 heterocycles. The van der Waals surface area contributed by atoms with Gasteiger partial charge >= 0.3 is 6.03 Å². The maximum atomic E-state index is 11.9. The molecule has 5 heteroatoms. The lowest BCUT2D eigenvalue weighted by atomic mass is 9.82. The molecule has 3 atom stereocenters. The molecule has 0 aromatic carbocycles. The van der Waals surface area contributed by atoms with Crippen LogP contribution in [-0.2, 0) is 9.47 Å². The van der Waals surface area contributed by atoms with Gasteiger partial charge < -0.3 is 20.1 Å². The van der Waals surface area contributed by atoms with Crippen molar-refractivity contribution in [2.24, 2.45) is 11.8 Å². The van der Waals surface area contributed by atoms with E-state index in [4.69, 9.17) is 9.47 Å². The Hall–Kier alpha value is -0.810. The molecule has 3 aliphatic rings. The zero-order valence-corrected chi connectivity index (χ0v) is 12.8. The Bertz CT molecular complexity index is 346. The molecule has 0 bridgehead atoms. The molecule has 21 heavy (non-hydrogen) atoms. The van der Waals surface area contributed by atoms with Crippen LogP contribution in [0.4, 0.5) is 4.79 Å². The second-order valence-corrected chi connectivity index (χ2v) is 6.67. The summed E-state index contributed by atoms with van der Waals surface area (Å²) in [5.41, 5.74) is 0. The van der Waals surface area contributed by atoms with Crippen LogP contribution in [0.3, 0.4) is 0 Å². The highest BCUT2D eigenvalue weighted by atomic mass is 16.5. The number of ether oxygens (including phenoxy) is 2. The maximum absolute atomic E-state index is 11.9. The molecule has 0 aromatic heterocycles. The molecule has 2 amide bonds. The minimum Gasteiger partial charge on any atom is -0.381 e. The third-order valence-corrected chi connectivity index (χ3v) is 4.90. The van der Waals surface area contributed by atoms with Crippen LogP contribution in [0.15, 0.2) is 0 Å². The lowest BCUT2D eigenvalue weighted by molar-refractivity contribution is 0.0549. The van der Waals surface area contributed by atoms with Gasteiger partial charge in [0, 0.05) is 38.3 Å². The van der Waals surface area contributed by atoms with Crippen LogP contribution in [0.25, 0.3) is 0 Å². The summed E-state index contributed by atoms with van der Waals surface area (Å²) < 4.78 is 11.3. The van der Waals surface area contributed by atoms with Gasteiger partial charge in [0.15, 0.2) is 0 Å². The minimum absolute atomic E-state index is 0.0326. The Labute approximate surface area is 127 Å². The fraction of sp³-hybridized carbons (Fsp3) is 0.938. The summed E-state index contributed by atoms with van der Waals surface area (Å²) in [6, 6.07) is 0.257. The standard InChI is InChI=1S/C16H28N2O3/c19-16(17-8-2-9-20-11-12-5-6-12)18-14-3-1-4-15-13(14)7-10-21-15/h12-15H,1-11H2,(H2,17,18,19)/t13-,14-,15-/m1/s1. The molecule has 120 valence electrons. The van der Waals surface area contributed by atoms with E-state index in [1.54, 1.807) is 0 Å². The second kappa shape index (κ2) is 7.45. The predicted octanol–water partition coefficient (Wildman–Crippen LogP) is 2.06. The largest absolute Gasteiger partial charge is 0.381 e. The quantitative estimate of drug-likeness (QED) is 0.707. The third kappa shape index (κ3) is 4.58. The van der Waals surface area contributed by atoms with E-state index in [9.17, 15) is 4.79 Å². The van der Waals surface area contributed by atoms with E-state index >= 15 is 0 Å². The lowest BCUT2D eigenvalue weighted by Gasteiger charge is -2.33. The highest BCUT2D eigenvalue weighted by Crippen LogP contribution is 2.34. The fourth-order valence-corrected chi connectivity index (χ4v) is 3.49. The van der Waals surface area contributed by atoms with Crippen molar-refractivity contribution in [3.63, 3.8) is 0 Å². The van der Waals surface area contributed by atoms with Gasteiger partial charge in [-0.05, 0) is 50.9 Å². The first-order valence-electron chi connectivity index (χ1n) is 8.56. The Morgan fingerprint density at radius 1 is 1.19 bits per heavy atom. The lowest BCUT2D eigenvalue weighted by Crippen LogP contribution is -2.49. The average Bonchev–Trinajstić information content (AvgIpc) is 3.17. The van der Waals surface area contributed by atoms with Crippen LogP contribution in [-0.4, -0.2) is 44.5 Å². The van der Waals surface area contributed by atoms with Gasteiger partial charge in [-0.15, -0.1) is 0 Å². The van der Waals surface area contributed by atoms with Gasteiger partial charge in [-0.3, -0.25) is 0 Å². The SMILES string of the molecule is O=C(NCCCOCC1CC1)N[C@@H]1CCC[C@H]2OCC[C@H]12. The predicted molar refractivity (Wildman–Crippen MR) is 80.2 cm³/mol. The number of hydrogen-bond acceptors (Lipinski definition) is 3. The van der Waals surface area contributed by atoms with Crippen molar-refractivity contribution in [2.45, 2.75) is 57.1 Å². The van der Waals surface area contributed by atoms with Crippen LogP contribution < -0.4 is 10.6 Å². The van der Waals surface area contributed by atoms with Gasteiger partial charge in [-0.1, -0.05) is 0 Å². The molecule has 1 saturated heterocycles. The highest BCUT2D eigenvalue weighted by molar-refractivity contribution is 5.74. The summed E-state index contributed by atoms with van der Waals surface area (Å²) >= 11 is 0. The summed E-state index contributed by atoms with van der Waals surface area (Å²) in [5, 5.41) is 6.08. The molecule has 3 rings (SSSR count). The van der Waals surface area contributed by atoms with E-state index in [0.717, 1.165) is 57.8 Å². The Morgan fingerprint density at radius 2 is 2.10 bits per heavy atom. The van der Waals surface area contributed by atoms with Gasteiger partial charge in [-0.25, -0.2) is 4.79 Å². The van der Waals surface area contributed by atoms with Crippen molar-refractivity contribution in [2.75, 3.05) is 26.4 Å². The average molecular weight is 296 g/mol. The Balaban J connectivity index is 1.26. The molecule has 0 unspecified atom stereocenters.